The number of nitriles is 1. The maximum absolute atomic E-state index is 15.0. The van der Waals surface area contributed by atoms with E-state index in [0.717, 1.165) is 6.42 Å². The molecular weight excluding hydrogens is 423 g/mol. The quantitative estimate of drug-likeness (QED) is 0.490. The summed E-state index contributed by atoms with van der Waals surface area (Å²) in [6, 6.07) is 12.0. The number of aromatic nitrogens is 4. The first kappa shape index (κ1) is 20.6. The van der Waals surface area contributed by atoms with E-state index in [0.29, 0.717) is 64.6 Å². The molecule has 1 saturated heterocycles. The van der Waals surface area contributed by atoms with Gasteiger partial charge in [-0.15, -0.1) is 0 Å². The number of nitrogens with zero attached hydrogens (tertiary/aromatic N) is 5. The molecule has 2 aromatic carbocycles. The van der Waals surface area contributed by atoms with Gasteiger partial charge in [-0.25, -0.2) is 19.3 Å². The third-order valence-electron chi connectivity index (χ3n) is 5.86. The number of rotatable bonds is 4. The molecule has 33 heavy (non-hydrogen) atoms. The van der Waals surface area contributed by atoms with Crippen molar-refractivity contribution in [3.05, 3.63) is 60.2 Å². The fourth-order valence-electron chi connectivity index (χ4n) is 4.09. The number of nitrogens with one attached hydrogen (secondary N) is 1. The number of carboxylic acid groups (broad SMARTS) is 1. The van der Waals surface area contributed by atoms with Crippen LogP contribution in [0.15, 0.2) is 48.8 Å². The maximum Gasteiger partial charge on any atom is 0.308 e. The van der Waals surface area contributed by atoms with Crippen LogP contribution in [-0.4, -0.2) is 44.1 Å². The summed E-state index contributed by atoms with van der Waals surface area (Å²) in [5, 5.41) is 18.3. The summed E-state index contributed by atoms with van der Waals surface area (Å²) in [5.74, 6) is -0.818. The van der Waals surface area contributed by atoms with Gasteiger partial charge in [-0.1, -0.05) is 6.07 Å². The number of halogens is 1. The van der Waals surface area contributed by atoms with E-state index in [1.807, 2.05) is 4.90 Å². The zero-order valence-electron chi connectivity index (χ0n) is 17.5. The molecule has 2 aromatic heterocycles. The predicted octanol–water partition coefficient (Wildman–Crippen LogP) is 4.00. The fraction of sp³-hybridized carbons (Fsp3) is 0.208. The lowest BCUT2D eigenvalue weighted by molar-refractivity contribution is -0.141. The molecule has 0 spiro atoms. The van der Waals surface area contributed by atoms with Crippen LogP contribution in [0, 0.1) is 23.1 Å². The van der Waals surface area contributed by atoms with Crippen LogP contribution in [-0.2, 0) is 4.79 Å². The summed E-state index contributed by atoms with van der Waals surface area (Å²) in [5.41, 5.74) is 3.41. The highest BCUT2D eigenvalue weighted by molar-refractivity contribution is 5.81. The summed E-state index contributed by atoms with van der Waals surface area (Å²) >= 11 is 0. The van der Waals surface area contributed by atoms with Gasteiger partial charge in [-0.3, -0.25) is 4.79 Å². The molecule has 5 rings (SSSR count). The van der Waals surface area contributed by atoms with E-state index in [1.54, 1.807) is 42.7 Å². The first-order chi connectivity index (χ1) is 16.0. The Morgan fingerprint density at radius 3 is 2.73 bits per heavy atom. The molecule has 0 aliphatic carbocycles. The number of imidazole rings is 1. The Morgan fingerprint density at radius 1 is 1.18 bits per heavy atom. The maximum atomic E-state index is 15.0. The minimum Gasteiger partial charge on any atom is -0.481 e. The third kappa shape index (κ3) is 3.99. The number of carboxylic acids is 1. The number of H-pyrrole nitrogens is 1. The van der Waals surface area contributed by atoms with Gasteiger partial charge >= 0.3 is 5.97 Å². The summed E-state index contributed by atoms with van der Waals surface area (Å²) in [7, 11) is 0. The molecule has 1 aliphatic rings. The second-order valence-electron chi connectivity index (χ2n) is 8.02. The predicted molar refractivity (Wildman–Crippen MR) is 120 cm³/mol. The van der Waals surface area contributed by atoms with Crippen molar-refractivity contribution in [3.63, 3.8) is 0 Å². The average molecular weight is 442 g/mol. The van der Waals surface area contributed by atoms with Gasteiger partial charge < -0.3 is 15.0 Å². The largest absolute Gasteiger partial charge is 0.481 e. The molecule has 9 heteroatoms. The van der Waals surface area contributed by atoms with Crippen molar-refractivity contribution in [1.29, 1.82) is 5.26 Å². The van der Waals surface area contributed by atoms with E-state index in [9.17, 15) is 14.3 Å². The zero-order chi connectivity index (χ0) is 22.9. The van der Waals surface area contributed by atoms with Crippen molar-refractivity contribution in [2.75, 3.05) is 18.0 Å². The number of aliphatic carboxylic acids is 1. The minimum atomic E-state index is -0.804. The number of anilines is 1. The van der Waals surface area contributed by atoms with Gasteiger partial charge in [-0.2, -0.15) is 5.26 Å². The second-order valence-corrected chi connectivity index (χ2v) is 8.02. The van der Waals surface area contributed by atoms with Crippen LogP contribution < -0.4 is 4.90 Å². The Balaban J connectivity index is 1.38. The highest BCUT2D eigenvalue weighted by Gasteiger charge is 2.26. The Kier molecular flexibility index (Phi) is 5.18. The van der Waals surface area contributed by atoms with Crippen LogP contribution in [0.4, 0.5) is 10.3 Å². The van der Waals surface area contributed by atoms with Gasteiger partial charge in [0.1, 0.15) is 11.6 Å². The standard InChI is InChI=1S/C24H19FN6O2/c25-19-9-15(4-5-18(19)22-29-20-6-3-14(10-26)8-21(20)30-22)17-11-27-24(28-12-17)31-7-1-2-16(13-31)23(32)33/h3-6,8-9,11-12,16H,1-2,7,13H2,(H,29,30)(H,32,33). The first-order valence-electron chi connectivity index (χ1n) is 10.5. The van der Waals surface area contributed by atoms with Crippen LogP contribution >= 0.6 is 0 Å². The number of benzene rings is 2. The van der Waals surface area contributed by atoms with Crippen LogP contribution in [0.3, 0.4) is 0 Å². The lowest BCUT2D eigenvalue weighted by Gasteiger charge is -2.30. The normalized spacial score (nSPS) is 16.0. The Bertz CT molecular complexity index is 1390. The number of aromatic amines is 1. The molecular formula is C24H19FN6O2. The molecule has 3 heterocycles. The SMILES string of the molecule is N#Cc1ccc2nc(-c3ccc(-c4cnc(N5CCCC(C(=O)O)C5)nc4)cc3F)[nH]c2c1. The second kappa shape index (κ2) is 8.31. The first-order valence-corrected chi connectivity index (χ1v) is 10.5. The highest BCUT2D eigenvalue weighted by Crippen LogP contribution is 2.28. The van der Waals surface area contributed by atoms with Gasteiger partial charge in [0.05, 0.1) is 34.1 Å². The van der Waals surface area contributed by atoms with Crippen molar-refractivity contribution in [1.82, 2.24) is 19.9 Å². The van der Waals surface area contributed by atoms with E-state index in [4.69, 9.17) is 5.26 Å². The molecule has 164 valence electrons. The number of piperidine rings is 1. The monoisotopic (exact) mass is 442 g/mol. The van der Waals surface area contributed by atoms with Gasteiger partial charge in [0.2, 0.25) is 5.95 Å². The van der Waals surface area contributed by atoms with Crippen LogP contribution in [0.1, 0.15) is 18.4 Å². The van der Waals surface area contributed by atoms with Gasteiger partial charge in [-0.05, 0) is 48.7 Å². The van der Waals surface area contributed by atoms with Crippen molar-refractivity contribution in [3.8, 4) is 28.6 Å². The molecule has 0 saturated carbocycles. The Labute approximate surface area is 188 Å². The van der Waals surface area contributed by atoms with Crippen LogP contribution in [0.2, 0.25) is 0 Å². The van der Waals surface area contributed by atoms with Crippen molar-refractivity contribution >= 4 is 23.0 Å². The Morgan fingerprint density at radius 2 is 2.00 bits per heavy atom. The molecule has 0 amide bonds. The molecule has 1 fully saturated rings. The molecule has 1 aliphatic heterocycles. The number of carbonyl (C=O) groups is 1. The highest BCUT2D eigenvalue weighted by atomic mass is 19.1. The van der Waals surface area contributed by atoms with E-state index in [1.165, 1.54) is 6.07 Å². The molecule has 2 N–H and O–H groups in total. The molecule has 1 unspecified atom stereocenters. The van der Waals surface area contributed by atoms with Crippen LogP contribution in [0.25, 0.3) is 33.5 Å². The van der Waals surface area contributed by atoms with E-state index < -0.39 is 17.7 Å². The molecule has 1 atom stereocenters. The summed E-state index contributed by atoms with van der Waals surface area (Å²) in [6.07, 6.45) is 4.66. The van der Waals surface area contributed by atoms with Gasteiger partial charge in [0, 0.05) is 31.0 Å². The van der Waals surface area contributed by atoms with Gasteiger partial charge in [0.15, 0.2) is 0 Å². The lowest BCUT2D eigenvalue weighted by atomic mass is 9.99. The molecule has 4 aromatic rings. The third-order valence-corrected chi connectivity index (χ3v) is 5.86. The van der Waals surface area contributed by atoms with Crippen molar-refractivity contribution in [2.24, 2.45) is 5.92 Å². The number of hydrogen-bond donors (Lipinski definition) is 2. The van der Waals surface area contributed by atoms with Crippen molar-refractivity contribution in [2.45, 2.75) is 12.8 Å². The van der Waals surface area contributed by atoms with E-state index >= 15 is 0 Å². The lowest BCUT2D eigenvalue weighted by Crippen LogP contribution is -2.39. The fourth-order valence-corrected chi connectivity index (χ4v) is 4.09. The molecule has 8 nitrogen and oxygen atoms in total. The smallest absolute Gasteiger partial charge is 0.308 e. The number of fused-ring (bicyclic) bond motifs is 1. The van der Waals surface area contributed by atoms with Gasteiger partial charge in [0.25, 0.3) is 0 Å². The topological polar surface area (TPSA) is 119 Å². The summed E-state index contributed by atoms with van der Waals surface area (Å²) < 4.78 is 15.0. The minimum absolute atomic E-state index is 0.319. The van der Waals surface area contributed by atoms with Crippen molar-refractivity contribution < 1.29 is 14.3 Å². The van der Waals surface area contributed by atoms with Crippen LogP contribution in [0.5, 0.6) is 0 Å². The summed E-state index contributed by atoms with van der Waals surface area (Å²) in [4.78, 5) is 29.4. The Hall–Kier alpha value is -4.32. The average Bonchev–Trinajstić information content (AvgIpc) is 3.27. The summed E-state index contributed by atoms with van der Waals surface area (Å²) in [6.45, 7) is 1.09. The zero-order valence-corrected chi connectivity index (χ0v) is 17.5. The molecule has 0 radical (unpaired) electrons. The molecule has 0 bridgehead atoms. The number of hydrogen-bond acceptors (Lipinski definition) is 6. The van der Waals surface area contributed by atoms with E-state index in [2.05, 4.69) is 26.0 Å². The van der Waals surface area contributed by atoms with E-state index in [-0.39, 0.29) is 0 Å².